The lowest BCUT2D eigenvalue weighted by Crippen LogP contribution is -2.18. The second-order valence-corrected chi connectivity index (χ2v) is 7.20. The van der Waals surface area contributed by atoms with Crippen LogP contribution in [-0.2, 0) is 0 Å². The Kier molecular flexibility index (Phi) is 5.64. The summed E-state index contributed by atoms with van der Waals surface area (Å²) in [5, 5.41) is 15.9. The third-order valence-corrected chi connectivity index (χ3v) is 5.18. The van der Waals surface area contributed by atoms with Crippen LogP contribution in [0.3, 0.4) is 0 Å². The lowest BCUT2D eigenvalue weighted by molar-refractivity contribution is 0.0696. The predicted octanol–water partition coefficient (Wildman–Crippen LogP) is 5.40. The summed E-state index contributed by atoms with van der Waals surface area (Å²) < 4.78 is 19.5. The van der Waals surface area contributed by atoms with E-state index in [0.29, 0.717) is 40.0 Å². The fraction of sp³-hybridized carbons (Fsp3) is 0.120. The number of furan rings is 1. The van der Waals surface area contributed by atoms with Gasteiger partial charge in [0.1, 0.15) is 17.2 Å². The molecule has 0 radical (unpaired) electrons. The van der Waals surface area contributed by atoms with E-state index in [1.54, 1.807) is 30.3 Å². The normalized spacial score (nSPS) is 10.8. The lowest BCUT2D eigenvalue weighted by Gasteiger charge is -2.12. The number of carbonyl (C=O) groups excluding carboxylic acids is 1. The minimum absolute atomic E-state index is 0.163. The average molecular weight is 432 g/mol. The van der Waals surface area contributed by atoms with E-state index < -0.39 is 5.97 Å². The summed E-state index contributed by atoms with van der Waals surface area (Å²) in [4.78, 5) is 24.3. The maximum Gasteiger partial charge on any atom is 0.335 e. The van der Waals surface area contributed by atoms with Gasteiger partial charge in [0.25, 0.3) is 5.91 Å². The van der Waals surface area contributed by atoms with Crippen molar-refractivity contribution in [1.82, 2.24) is 5.32 Å². The molecule has 0 aliphatic heterocycles. The maximum atomic E-state index is 13.4. The van der Waals surface area contributed by atoms with E-state index in [0.717, 1.165) is 11.3 Å². The number of nitrogens with one attached hydrogen (secondary N) is 2. The van der Waals surface area contributed by atoms with Gasteiger partial charge in [0.2, 0.25) is 0 Å². The highest BCUT2D eigenvalue weighted by Crippen LogP contribution is 2.39. The van der Waals surface area contributed by atoms with Crippen molar-refractivity contribution in [2.75, 3.05) is 18.9 Å². The van der Waals surface area contributed by atoms with Crippen molar-refractivity contribution >= 4 is 28.5 Å². The fourth-order valence-electron chi connectivity index (χ4n) is 3.69. The summed E-state index contributed by atoms with van der Waals surface area (Å²) in [6.07, 6.45) is 0. The lowest BCUT2D eigenvalue weighted by atomic mass is 9.97. The largest absolute Gasteiger partial charge is 0.478 e. The number of anilines is 1. The molecule has 4 aromatic rings. The monoisotopic (exact) mass is 432 g/mol. The van der Waals surface area contributed by atoms with Gasteiger partial charge in [-0.1, -0.05) is 12.1 Å². The number of fused-ring (bicyclic) bond motifs is 1. The molecule has 0 spiro atoms. The number of carboxylic acid groups (broad SMARTS) is 1. The molecule has 0 bridgehead atoms. The van der Waals surface area contributed by atoms with Crippen LogP contribution in [0.15, 0.2) is 65.1 Å². The number of halogens is 1. The predicted molar refractivity (Wildman–Crippen MR) is 122 cm³/mol. The van der Waals surface area contributed by atoms with Gasteiger partial charge in [-0.25, -0.2) is 9.18 Å². The Balaban J connectivity index is 2.00. The summed E-state index contributed by atoms with van der Waals surface area (Å²) in [7, 11) is 1.53. The topological polar surface area (TPSA) is 91.6 Å². The van der Waals surface area contributed by atoms with Crippen molar-refractivity contribution in [3.63, 3.8) is 0 Å². The quantitative estimate of drug-likeness (QED) is 0.380. The first-order valence-corrected chi connectivity index (χ1v) is 10.1. The Bertz CT molecular complexity index is 1330. The van der Waals surface area contributed by atoms with Crippen LogP contribution in [0.5, 0.6) is 0 Å². The minimum Gasteiger partial charge on any atom is -0.478 e. The number of carboxylic acids is 1. The first kappa shape index (κ1) is 21.1. The van der Waals surface area contributed by atoms with E-state index in [1.165, 1.54) is 25.2 Å². The van der Waals surface area contributed by atoms with Gasteiger partial charge in [-0.2, -0.15) is 0 Å². The van der Waals surface area contributed by atoms with Gasteiger partial charge in [-0.3, -0.25) is 4.79 Å². The van der Waals surface area contributed by atoms with Crippen LogP contribution in [-0.4, -0.2) is 30.6 Å². The van der Waals surface area contributed by atoms with Crippen molar-refractivity contribution in [1.29, 1.82) is 0 Å². The molecule has 7 heteroatoms. The zero-order valence-corrected chi connectivity index (χ0v) is 17.5. The molecular formula is C25H21FN2O4. The second-order valence-electron chi connectivity index (χ2n) is 7.20. The molecule has 1 amide bonds. The van der Waals surface area contributed by atoms with Gasteiger partial charge < -0.3 is 20.2 Å². The summed E-state index contributed by atoms with van der Waals surface area (Å²) >= 11 is 0. The van der Waals surface area contributed by atoms with E-state index in [2.05, 4.69) is 10.6 Å². The van der Waals surface area contributed by atoms with Gasteiger partial charge in [-0.15, -0.1) is 0 Å². The number of hydrogen-bond acceptors (Lipinski definition) is 4. The number of rotatable bonds is 6. The van der Waals surface area contributed by atoms with E-state index in [9.17, 15) is 19.1 Å². The zero-order valence-electron chi connectivity index (χ0n) is 17.5. The summed E-state index contributed by atoms with van der Waals surface area (Å²) in [5.41, 5.74) is 3.71. The standard InChI is InChI=1S/C25H21FN2O4/c1-3-28-20-13-21-19(12-18(20)15-5-4-6-16(11-15)25(30)31)22(24(29)27-2)23(32-21)14-7-9-17(26)10-8-14/h4-13,28H,3H2,1-2H3,(H,27,29)(H,30,31). The Morgan fingerprint density at radius 3 is 2.44 bits per heavy atom. The first-order valence-electron chi connectivity index (χ1n) is 10.1. The third kappa shape index (κ3) is 3.80. The Morgan fingerprint density at radius 1 is 1.03 bits per heavy atom. The summed E-state index contributed by atoms with van der Waals surface area (Å²) in [6, 6.07) is 15.9. The van der Waals surface area contributed by atoms with Crippen molar-refractivity contribution in [3.8, 4) is 22.5 Å². The number of hydrogen-bond donors (Lipinski definition) is 3. The van der Waals surface area contributed by atoms with E-state index >= 15 is 0 Å². The highest BCUT2D eigenvalue weighted by Gasteiger charge is 2.23. The maximum absolute atomic E-state index is 13.4. The highest BCUT2D eigenvalue weighted by molar-refractivity contribution is 6.12. The Labute approximate surface area is 183 Å². The van der Waals surface area contributed by atoms with Crippen LogP contribution in [0, 0.1) is 5.82 Å². The van der Waals surface area contributed by atoms with Crippen molar-refractivity contribution < 1.29 is 23.5 Å². The Hall–Kier alpha value is -4.13. The average Bonchev–Trinajstić information content (AvgIpc) is 3.17. The van der Waals surface area contributed by atoms with Crippen LogP contribution in [0.4, 0.5) is 10.1 Å². The van der Waals surface area contributed by atoms with E-state index in [-0.39, 0.29) is 17.3 Å². The van der Waals surface area contributed by atoms with Crippen molar-refractivity contribution in [3.05, 3.63) is 77.6 Å². The summed E-state index contributed by atoms with van der Waals surface area (Å²) in [6.45, 7) is 2.58. The SMILES string of the molecule is CCNc1cc2oc(-c3ccc(F)cc3)c(C(=O)NC)c2cc1-c1cccc(C(=O)O)c1. The zero-order chi connectivity index (χ0) is 22.8. The molecule has 3 aromatic carbocycles. The molecule has 3 N–H and O–H groups in total. The van der Waals surface area contributed by atoms with Gasteiger partial charge in [0, 0.05) is 41.9 Å². The Morgan fingerprint density at radius 2 is 1.78 bits per heavy atom. The first-order chi connectivity index (χ1) is 15.4. The number of amides is 1. The highest BCUT2D eigenvalue weighted by atomic mass is 19.1. The molecule has 0 saturated carbocycles. The van der Waals surface area contributed by atoms with Gasteiger partial charge in [-0.05, 0) is 55.0 Å². The van der Waals surface area contributed by atoms with E-state index in [4.69, 9.17) is 4.42 Å². The molecular weight excluding hydrogens is 411 g/mol. The number of carbonyl (C=O) groups is 2. The van der Waals surface area contributed by atoms with Crippen molar-refractivity contribution in [2.24, 2.45) is 0 Å². The molecule has 6 nitrogen and oxygen atoms in total. The molecule has 32 heavy (non-hydrogen) atoms. The molecule has 1 aromatic heterocycles. The van der Waals surface area contributed by atoms with Crippen LogP contribution in [0.2, 0.25) is 0 Å². The molecule has 0 unspecified atom stereocenters. The van der Waals surface area contributed by atoms with Crippen LogP contribution in [0.25, 0.3) is 33.4 Å². The minimum atomic E-state index is -1.02. The molecule has 1 heterocycles. The molecule has 0 aliphatic rings. The number of aromatic carboxylic acids is 1. The van der Waals surface area contributed by atoms with E-state index in [1.807, 2.05) is 19.1 Å². The second kappa shape index (κ2) is 8.55. The summed E-state index contributed by atoms with van der Waals surface area (Å²) in [5.74, 6) is -1.42. The van der Waals surface area contributed by atoms with Gasteiger partial charge in [0.15, 0.2) is 0 Å². The molecule has 162 valence electrons. The number of benzene rings is 3. The van der Waals surface area contributed by atoms with Crippen LogP contribution < -0.4 is 10.6 Å². The van der Waals surface area contributed by atoms with Crippen LogP contribution >= 0.6 is 0 Å². The molecule has 0 atom stereocenters. The molecule has 0 aliphatic carbocycles. The van der Waals surface area contributed by atoms with Crippen LogP contribution in [0.1, 0.15) is 27.6 Å². The van der Waals surface area contributed by atoms with Gasteiger partial charge >= 0.3 is 5.97 Å². The smallest absolute Gasteiger partial charge is 0.335 e. The molecule has 0 saturated heterocycles. The van der Waals surface area contributed by atoms with Crippen molar-refractivity contribution in [2.45, 2.75) is 6.92 Å². The van der Waals surface area contributed by atoms with Gasteiger partial charge in [0.05, 0.1) is 11.1 Å². The molecule has 4 rings (SSSR count). The molecule has 0 fully saturated rings. The third-order valence-electron chi connectivity index (χ3n) is 5.18. The fourth-order valence-corrected chi connectivity index (χ4v) is 3.69.